The van der Waals surface area contributed by atoms with Crippen molar-refractivity contribution < 1.29 is 9.50 Å². The molecule has 90 valence electrons. The summed E-state index contributed by atoms with van der Waals surface area (Å²) in [5.41, 5.74) is 6.23. The number of aromatic hydroxyl groups is 1. The molecule has 1 aromatic carbocycles. The Labute approximate surface area is 105 Å². The maximum Gasteiger partial charge on any atom is 0.165 e. The molecule has 0 radical (unpaired) electrons. The average Bonchev–Trinajstić information content (AvgIpc) is 2.96. The molecule has 0 amide bonds. The monoisotopic (exact) mass is 265 g/mol. The predicted molar refractivity (Wildman–Crippen MR) is 64.6 cm³/mol. The van der Waals surface area contributed by atoms with Gasteiger partial charge in [0.2, 0.25) is 0 Å². The van der Waals surface area contributed by atoms with E-state index in [2.05, 4.69) is 0 Å². The van der Waals surface area contributed by atoms with Gasteiger partial charge in [-0.05, 0) is 24.5 Å². The maximum atomic E-state index is 13.1. The Hall–Kier alpha value is -0.510. The van der Waals surface area contributed by atoms with Crippen molar-refractivity contribution in [2.45, 2.75) is 25.3 Å². The first-order chi connectivity index (χ1) is 7.09. The van der Waals surface area contributed by atoms with Crippen molar-refractivity contribution in [3.8, 4) is 5.75 Å². The second-order valence-electron chi connectivity index (χ2n) is 4.08. The lowest BCUT2D eigenvalue weighted by Gasteiger charge is -2.15. The van der Waals surface area contributed by atoms with Crippen molar-refractivity contribution in [1.29, 1.82) is 0 Å². The van der Waals surface area contributed by atoms with Gasteiger partial charge in [-0.15, -0.1) is 12.4 Å². The maximum absolute atomic E-state index is 13.1. The molecule has 1 atom stereocenters. The molecule has 0 saturated heterocycles. The second-order valence-corrected chi connectivity index (χ2v) is 4.48. The van der Waals surface area contributed by atoms with Gasteiger partial charge in [-0.2, -0.15) is 0 Å². The van der Waals surface area contributed by atoms with Crippen LogP contribution in [0, 0.1) is 11.7 Å². The van der Waals surface area contributed by atoms with Crippen LogP contribution < -0.4 is 5.73 Å². The molecule has 1 saturated carbocycles. The lowest BCUT2D eigenvalue weighted by Crippen LogP contribution is -2.12. The number of phenols is 1. The smallest absolute Gasteiger partial charge is 0.165 e. The van der Waals surface area contributed by atoms with Crippen LogP contribution in [0.5, 0.6) is 5.75 Å². The van der Waals surface area contributed by atoms with Crippen LogP contribution in [0.3, 0.4) is 0 Å². The molecule has 1 aromatic rings. The van der Waals surface area contributed by atoms with Crippen LogP contribution in [0.4, 0.5) is 4.39 Å². The fourth-order valence-corrected chi connectivity index (χ4v) is 2.03. The van der Waals surface area contributed by atoms with Crippen LogP contribution in [0.2, 0.25) is 5.02 Å². The first-order valence-electron chi connectivity index (χ1n) is 5.02. The third kappa shape index (κ3) is 2.78. The highest BCUT2D eigenvalue weighted by atomic mass is 35.5. The van der Waals surface area contributed by atoms with E-state index in [1.54, 1.807) is 0 Å². The zero-order valence-electron chi connectivity index (χ0n) is 8.62. The third-order valence-electron chi connectivity index (χ3n) is 2.77. The Kier molecular flexibility index (Phi) is 4.42. The number of phenolic OH excluding ortho intramolecular Hbond substituents is 1. The van der Waals surface area contributed by atoms with Gasteiger partial charge in [0.15, 0.2) is 11.6 Å². The molecule has 1 fully saturated rings. The van der Waals surface area contributed by atoms with E-state index in [0.29, 0.717) is 16.5 Å². The minimum Gasteiger partial charge on any atom is -0.505 e. The molecule has 0 spiro atoms. The van der Waals surface area contributed by atoms with Crippen LogP contribution in [-0.2, 0) is 0 Å². The molecule has 16 heavy (non-hydrogen) atoms. The average molecular weight is 266 g/mol. The fraction of sp³-hybridized carbons (Fsp3) is 0.455. The Bertz CT molecular complexity index is 382. The van der Waals surface area contributed by atoms with Gasteiger partial charge in [-0.25, -0.2) is 4.39 Å². The number of hydrogen-bond donors (Lipinski definition) is 2. The van der Waals surface area contributed by atoms with Gasteiger partial charge in [0, 0.05) is 16.6 Å². The Morgan fingerprint density at radius 3 is 2.69 bits per heavy atom. The molecular formula is C11H14Cl2FNO. The summed E-state index contributed by atoms with van der Waals surface area (Å²) in [6.07, 6.45) is 3.10. The van der Waals surface area contributed by atoms with Gasteiger partial charge < -0.3 is 10.8 Å². The van der Waals surface area contributed by atoms with Gasteiger partial charge in [0.1, 0.15) is 0 Å². The van der Waals surface area contributed by atoms with Crippen LogP contribution in [-0.4, -0.2) is 5.11 Å². The normalized spacial score (nSPS) is 16.7. The van der Waals surface area contributed by atoms with E-state index in [0.717, 1.165) is 12.5 Å². The summed E-state index contributed by atoms with van der Waals surface area (Å²) in [6.45, 7) is 0. The van der Waals surface area contributed by atoms with Crippen LogP contribution >= 0.6 is 24.0 Å². The van der Waals surface area contributed by atoms with E-state index in [-0.39, 0.29) is 18.4 Å². The molecule has 1 aliphatic carbocycles. The van der Waals surface area contributed by atoms with E-state index in [1.165, 1.54) is 18.9 Å². The Morgan fingerprint density at radius 1 is 1.50 bits per heavy atom. The van der Waals surface area contributed by atoms with Gasteiger partial charge in [-0.3, -0.25) is 0 Å². The highest BCUT2D eigenvalue weighted by Gasteiger charge is 2.27. The zero-order chi connectivity index (χ0) is 11.0. The molecule has 3 N–H and O–H groups in total. The summed E-state index contributed by atoms with van der Waals surface area (Å²) in [4.78, 5) is 0. The predicted octanol–water partition coefficient (Wildman–Crippen LogP) is 3.41. The summed E-state index contributed by atoms with van der Waals surface area (Å²) in [6, 6.07) is 2.20. The van der Waals surface area contributed by atoms with E-state index >= 15 is 0 Å². The molecule has 5 heteroatoms. The van der Waals surface area contributed by atoms with Crippen molar-refractivity contribution in [2.24, 2.45) is 11.7 Å². The number of rotatable bonds is 3. The van der Waals surface area contributed by atoms with Crippen molar-refractivity contribution in [3.05, 3.63) is 28.5 Å². The number of benzene rings is 1. The van der Waals surface area contributed by atoms with E-state index in [4.69, 9.17) is 17.3 Å². The summed E-state index contributed by atoms with van der Waals surface area (Å²) >= 11 is 5.89. The summed E-state index contributed by atoms with van der Waals surface area (Å²) in [5.74, 6) is -0.463. The molecule has 0 bridgehead atoms. The number of hydrogen-bond acceptors (Lipinski definition) is 2. The summed E-state index contributed by atoms with van der Waals surface area (Å²) in [5, 5.41) is 9.88. The molecule has 0 heterocycles. The van der Waals surface area contributed by atoms with E-state index in [1.807, 2.05) is 0 Å². The molecular weight excluding hydrogens is 252 g/mol. The van der Waals surface area contributed by atoms with Crippen molar-refractivity contribution in [3.63, 3.8) is 0 Å². The van der Waals surface area contributed by atoms with Gasteiger partial charge in [-0.1, -0.05) is 24.4 Å². The second kappa shape index (κ2) is 5.21. The van der Waals surface area contributed by atoms with Gasteiger partial charge in [0.05, 0.1) is 0 Å². The zero-order valence-corrected chi connectivity index (χ0v) is 10.2. The molecule has 0 unspecified atom stereocenters. The van der Waals surface area contributed by atoms with E-state index < -0.39 is 11.6 Å². The Morgan fingerprint density at radius 2 is 2.12 bits per heavy atom. The highest BCUT2D eigenvalue weighted by Crippen LogP contribution is 2.41. The minimum absolute atomic E-state index is 0. The fourth-order valence-electron chi connectivity index (χ4n) is 1.74. The summed E-state index contributed by atoms with van der Waals surface area (Å²) < 4.78 is 13.1. The molecule has 1 aliphatic rings. The van der Waals surface area contributed by atoms with Crippen molar-refractivity contribution >= 4 is 24.0 Å². The molecule has 2 rings (SSSR count). The van der Waals surface area contributed by atoms with E-state index in [9.17, 15) is 9.50 Å². The lowest BCUT2D eigenvalue weighted by atomic mass is 10.0. The minimum atomic E-state index is -0.666. The van der Waals surface area contributed by atoms with Crippen LogP contribution in [0.25, 0.3) is 0 Å². The van der Waals surface area contributed by atoms with Crippen LogP contribution in [0.15, 0.2) is 12.1 Å². The highest BCUT2D eigenvalue weighted by molar-refractivity contribution is 6.31. The van der Waals surface area contributed by atoms with Crippen molar-refractivity contribution in [2.75, 3.05) is 0 Å². The number of halogens is 3. The quantitative estimate of drug-likeness (QED) is 0.880. The summed E-state index contributed by atoms with van der Waals surface area (Å²) in [7, 11) is 0. The topological polar surface area (TPSA) is 46.2 Å². The van der Waals surface area contributed by atoms with Gasteiger partial charge in [0.25, 0.3) is 0 Å². The first kappa shape index (κ1) is 13.6. The van der Waals surface area contributed by atoms with Crippen LogP contribution in [0.1, 0.15) is 30.9 Å². The molecule has 0 aliphatic heterocycles. The third-order valence-corrected chi connectivity index (χ3v) is 3.10. The number of nitrogens with two attached hydrogens (primary N) is 1. The first-order valence-corrected chi connectivity index (χ1v) is 5.40. The Balaban J connectivity index is 0.00000128. The molecule has 2 nitrogen and oxygen atoms in total. The van der Waals surface area contributed by atoms with Crippen molar-refractivity contribution in [1.82, 2.24) is 0 Å². The standard InChI is InChI=1S/C11H13ClFNO.ClH/c12-7-3-4-8(13)11(15)10(7)9(14)5-6-1-2-6;/h3-4,6,9,15H,1-2,5,14H2;1H/t9-;/m1./s1. The largest absolute Gasteiger partial charge is 0.505 e. The SMILES string of the molecule is Cl.N[C@H](CC1CC1)c1c(Cl)ccc(F)c1O. The van der Waals surface area contributed by atoms with Gasteiger partial charge >= 0.3 is 0 Å². The lowest BCUT2D eigenvalue weighted by molar-refractivity contribution is 0.417. The molecule has 0 aromatic heterocycles.